The fourth-order valence-corrected chi connectivity index (χ4v) is 3.85. The van der Waals surface area contributed by atoms with Gasteiger partial charge in [-0.05, 0) is 43.9 Å². The van der Waals surface area contributed by atoms with Crippen molar-refractivity contribution in [3.8, 4) is 11.4 Å². The molecule has 3 aromatic rings. The Morgan fingerprint density at radius 2 is 2.06 bits per heavy atom. The first-order valence-corrected chi connectivity index (χ1v) is 10.6. The van der Waals surface area contributed by atoms with Crippen LogP contribution in [0.4, 0.5) is 10.1 Å². The number of benzene rings is 1. The molecule has 2 aromatic heterocycles. The van der Waals surface area contributed by atoms with E-state index < -0.39 is 29.5 Å². The van der Waals surface area contributed by atoms with E-state index in [9.17, 15) is 18.8 Å². The molecule has 0 radical (unpaired) electrons. The number of rotatable bonds is 5. The summed E-state index contributed by atoms with van der Waals surface area (Å²) >= 11 is 0. The molecule has 1 amide bonds. The van der Waals surface area contributed by atoms with Crippen LogP contribution in [-0.2, 0) is 30.7 Å². The molecule has 0 atom stereocenters. The summed E-state index contributed by atoms with van der Waals surface area (Å²) in [6, 6.07) is 4.28. The largest absolute Gasteiger partial charge is 0.339 e. The normalized spacial score (nSPS) is 13.5. The molecule has 0 bridgehead atoms. The Morgan fingerprint density at radius 1 is 1.25 bits per heavy atom. The Labute approximate surface area is 182 Å². The summed E-state index contributed by atoms with van der Waals surface area (Å²) in [6.45, 7) is 3.38. The van der Waals surface area contributed by atoms with Crippen LogP contribution in [0.25, 0.3) is 11.4 Å². The summed E-state index contributed by atoms with van der Waals surface area (Å²) in [5, 5.41) is 6.48. The van der Waals surface area contributed by atoms with Gasteiger partial charge in [-0.2, -0.15) is 4.98 Å². The average molecular weight is 441 g/mol. The van der Waals surface area contributed by atoms with Gasteiger partial charge in [-0.3, -0.25) is 18.7 Å². The van der Waals surface area contributed by atoms with Crippen LogP contribution in [0.5, 0.6) is 0 Å². The smallest absolute Gasteiger partial charge is 0.331 e. The minimum atomic E-state index is -0.642. The maximum atomic E-state index is 13.8. The summed E-state index contributed by atoms with van der Waals surface area (Å²) in [5.74, 6) is -0.581. The Bertz CT molecular complexity index is 1290. The topological polar surface area (TPSA) is 112 Å². The number of hydrogen-bond donors (Lipinski definition) is 1. The average Bonchev–Trinajstić information content (AvgIpc) is 3.10. The quantitative estimate of drug-likeness (QED) is 0.651. The molecule has 1 aliphatic rings. The monoisotopic (exact) mass is 441 g/mol. The van der Waals surface area contributed by atoms with Gasteiger partial charge in [-0.1, -0.05) is 24.6 Å². The molecular weight excluding hydrogens is 417 g/mol. The number of anilines is 1. The Kier molecular flexibility index (Phi) is 6.02. The molecule has 10 heteroatoms. The van der Waals surface area contributed by atoms with Gasteiger partial charge in [0.25, 0.3) is 5.56 Å². The molecule has 4 rings (SSSR count). The molecule has 0 unspecified atom stereocenters. The minimum absolute atomic E-state index is 0.118. The van der Waals surface area contributed by atoms with Gasteiger partial charge in [0.2, 0.25) is 17.6 Å². The lowest BCUT2D eigenvalue weighted by Gasteiger charge is -2.16. The number of amides is 1. The standard InChI is InChI=1S/C22H24FN5O4/c1-3-18-25-20(26-32-18)19-16-7-5-4-6-10-27(16)22(31)28(21(19)30)12-17(29)24-14-9-8-13(2)15(23)11-14/h8-9,11H,3-7,10,12H2,1-2H3,(H,24,29). The van der Waals surface area contributed by atoms with E-state index in [1.54, 1.807) is 13.0 Å². The number of aryl methyl sites for hydroxylation is 2. The molecule has 1 aliphatic heterocycles. The highest BCUT2D eigenvalue weighted by Gasteiger charge is 2.25. The SMILES string of the molecule is CCc1nc(-c2c3n(c(=O)n(CC(=O)Nc4ccc(C)c(F)c4)c2=O)CCCCC3)no1. The molecule has 168 valence electrons. The number of aromatic nitrogens is 4. The van der Waals surface area contributed by atoms with Crippen molar-refractivity contribution < 1.29 is 13.7 Å². The molecule has 0 saturated heterocycles. The number of hydrogen-bond acceptors (Lipinski definition) is 6. The Hall–Kier alpha value is -3.56. The van der Waals surface area contributed by atoms with E-state index in [2.05, 4.69) is 15.5 Å². The number of halogens is 1. The molecule has 1 N–H and O–H groups in total. The second kappa shape index (κ2) is 8.89. The van der Waals surface area contributed by atoms with Crippen molar-refractivity contribution in [3.63, 3.8) is 0 Å². The molecule has 0 spiro atoms. The predicted octanol–water partition coefficient (Wildman–Crippen LogP) is 2.44. The van der Waals surface area contributed by atoms with Crippen molar-refractivity contribution in [3.05, 3.63) is 62.0 Å². The van der Waals surface area contributed by atoms with Crippen LogP contribution in [0.1, 0.15) is 43.3 Å². The van der Waals surface area contributed by atoms with Crippen molar-refractivity contribution in [2.45, 2.75) is 59.0 Å². The maximum absolute atomic E-state index is 13.8. The number of carbonyl (C=O) groups excluding carboxylic acids is 1. The van der Waals surface area contributed by atoms with Gasteiger partial charge >= 0.3 is 5.69 Å². The van der Waals surface area contributed by atoms with Crippen LogP contribution >= 0.6 is 0 Å². The molecule has 0 fully saturated rings. The third-order valence-electron chi connectivity index (χ3n) is 5.58. The lowest BCUT2D eigenvalue weighted by atomic mass is 10.1. The lowest BCUT2D eigenvalue weighted by molar-refractivity contribution is -0.116. The van der Waals surface area contributed by atoms with Gasteiger partial charge in [0, 0.05) is 24.3 Å². The second-order valence-corrected chi connectivity index (χ2v) is 7.84. The van der Waals surface area contributed by atoms with Crippen molar-refractivity contribution in [2.24, 2.45) is 0 Å². The van der Waals surface area contributed by atoms with Gasteiger partial charge in [-0.25, -0.2) is 9.18 Å². The number of fused-ring (bicyclic) bond motifs is 1. The molecule has 1 aromatic carbocycles. The van der Waals surface area contributed by atoms with Crippen LogP contribution in [0, 0.1) is 12.7 Å². The van der Waals surface area contributed by atoms with E-state index in [4.69, 9.17) is 4.52 Å². The van der Waals surface area contributed by atoms with Gasteiger partial charge in [0.05, 0.1) is 0 Å². The van der Waals surface area contributed by atoms with E-state index in [0.717, 1.165) is 23.8 Å². The fraction of sp³-hybridized carbons (Fsp3) is 0.409. The highest BCUT2D eigenvalue weighted by Crippen LogP contribution is 2.22. The lowest BCUT2D eigenvalue weighted by Crippen LogP contribution is -2.44. The number of nitrogens with one attached hydrogen (secondary N) is 1. The van der Waals surface area contributed by atoms with Gasteiger partial charge in [0.15, 0.2) is 0 Å². The predicted molar refractivity (Wildman–Crippen MR) is 115 cm³/mol. The molecule has 32 heavy (non-hydrogen) atoms. The number of nitrogens with zero attached hydrogens (tertiary/aromatic N) is 4. The zero-order valence-corrected chi connectivity index (χ0v) is 18.0. The summed E-state index contributed by atoms with van der Waals surface area (Å²) in [7, 11) is 0. The zero-order chi connectivity index (χ0) is 22.8. The summed E-state index contributed by atoms with van der Waals surface area (Å²) in [4.78, 5) is 43.4. The zero-order valence-electron chi connectivity index (χ0n) is 18.0. The van der Waals surface area contributed by atoms with E-state index in [1.165, 1.54) is 16.7 Å². The highest BCUT2D eigenvalue weighted by molar-refractivity contribution is 5.90. The molecular formula is C22H24FN5O4. The summed E-state index contributed by atoms with van der Waals surface area (Å²) in [5.41, 5.74) is 0.241. The molecule has 9 nitrogen and oxygen atoms in total. The van der Waals surface area contributed by atoms with Crippen LogP contribution < -0.4 is 16.6 Å². The van der Waals surface area contributed by atoms with Crippen molar-refractivity contribution in [1.82, 2.24) is 19.3 Å². The first-order valence-electron chi connectivity index (χ1n) is 10.6. The Morgan fingerprint density at radius 3 is 2.78 bits per heavy atom. The van der Waals surface area contributed by atoms with Crippen molar-refractivity contribution in [1.29, 1.82) is 0 Å². The van der Waals surface area contributed by atoms with Crippen molar-refractivity contribution >= 4 is 11.6 Å². The van der Waals surface area contributed by atoms with Gasteiger partial charge < -0.3 is 9.84 Å². The molecule has 0 aliphatic carbocycles. The van der Waals surface area contributed by atoms with Crippen LogP contribution in [0.3, 0.4) is 0 Å². The first-order chi connectivity index (χ1) is 15.4. The third kappa shape index (κ3) is 4.12. The van der Waals surface area contributed by atoms with E-state index in [0.29, 0.717) is 36.5 Å². The number of carbonyl (C=O) groups is 1. The maximum Gasteiger partial charge on any atom is 0.331 e. The molecule has 0 saturated carbocycles. The summed E-state index contributed by atoms with van der Waals surface area (Å²) < 4.78 is 21.4. The van der Waals surface area contributed by atoms with Crippen LogP contribution in [-0.4, -0.2) is 25.2 Å². The second-order valence-electron chi connectivity index (χ2n) is 7.84. The van der Waals surface area contributed by atoms with Crippen molar-refractivity contribution in [2.75, 3.05) is 5.32 Å². The van der Waals surface area contributed by atoms with Crippen LogP contribution in [0.2, 0.25) is 0 Å². The summed E-state index contributed by atoms with van der Waals surface area (Å²) in [6.07, 6.45) is 3.57. The highest BCUT2D eigenvalue weighted by atomic mass is 19.1. The molecule has 3 heterocycles. The fourth-order valence-electron chi connectivity index (χ4n) is 3.85. The Balaban J connectivity index is 1.76. The van der Waals surface area contributed by atoms with Gasteiger partial charge in [-0.15, -0.1) is 0 Å². The van der Waals surface area contributed by atoms with Crippen LogP contribution in [0.15, 0.2) is 32.3 Å². The first kappa shape index (κ1) is 21.7. The van der Waals surface area contributed by atoms with E-state index in [1.807, 2.05) is 6.92 Å². The van der Waals surface area contributed by atoms with E-state index >= 15 is 0 Å². The third-order valence-corrected chi connectivity index (χ3v) is 5.58. The minimum Gasteiger partial charge on any atom is -0.339 e. The van der Waals surface area contributed by atoms with Gasteiger partial charge in [0.1, 0.15) is 17.9 Å². The van der Waals surface area contributed by atoms with E-state index in [-0.39, 0.29) is 17.1 Å².